The largest absolute Gasteiger partial charge is 0.496 e. The molecule has 2 aromatic carbocycles. The molecule has 0 aliphatic rings. The molecule has 0 unspecified atom stereocenters. The van der Waals surface area contributed by atoms with Crippen LogP contribution in [-0.2, 0) is 14.8 Å². The summed E-state index contributed by atoms with van der Waals surface area (Å²) < 4.78 is 35.4. The lowest BCUT2D eigenvalue weighted by atomic mass is 10.2. The van der Waals surface area contributed by atoms with Crippen LogP contribution in [0, 0.1) is 0 Å². The summed E-state index contributed by atoms with van der Waals surface area (Å²) in [5.74, 6) is 0.0476. The lowest BCUT2D eigenvalue weighted by Crippen LogP contribution is -2.28. The van der Waals surface area contributed by atoms with Gasteiger partial charge in [0.05, 0.1) is 31.7 Å². The summed E-state index contributed by atoms with van der Waals surface area (Å²) in [6, 6.07) is 11.3. The summed E-state index contributed by atoms with van der Waals surface area (Å²) in [7, 11) is -0.593. The van der Waals surface area contributed by atoms with Gasteiger partial charge in [0.1, 0.15) is 11.5 Å². The minimum Gasteiger partial charge on any atom is -0.496 e. The predicted octanol–water partition coefficient (Wildman–Crippen LogP) is 1.83. The third-order valence-corrected chi connectivity index (χ3v) is 4.36. The van der Waals surface area contributed by atoms with Crippen molar-refractivity contribution in [2.75, 3.05) is 37.1 Å². The van der Waals surface area contributed by atoms with E-state index in [0.29, 0.717) is 17.0 Å². The van der Waals surface area contributed by atoms with Crippen molar-refractivity contribution in [3.05, 3.63) is 48.0 Å². The van der Waals surface area contributed by atoms with Crippen LogP contribution in [0.5, 0.6) is 11.5 Å². The molecule has 9 nitrogen and oxygen atoms in total. The van der Waals surface area contributed by atoms with Crippen molar-refractivity contribution in [3.63, 3.8) is 0 Å². The van der Waals surface area contributed by atoms with Gasteiger partial charge in [-0.2, -0.15) is 0 Å². The Kier molecular flexibility index (Phi) is 7.43. The van der Waals surface area contributed by atoms with Crippen molar-refractivity contribution in [3.8, 4) is 11.5 Å². The Morgan fingerprint density at radius 3 is 2.34 bits per heavy atom. The van der Waals surface area contributed by atoms with Gasteiger partial charge < -0.3 is 20.1 Å². The number of hydrogen-bond acceptors (Lipinski definition) is 6. The third-order valence-electron chi connectivity index (χ3n) is 3.77. The molecule has 0 fully saturated rings. The summed E-state index contributed by atoms with van der Waals surface area (Å²) in [5.41, 5.74) is 1.08. The van der Waals surface area contributed by atoms with Gasteiger partial charge in [0.25, 0.3) is 5.91 Å². The zero-order valence-corrected chi connectivity index (χ0v) is 17.1. The molecule has 0 radical (unpaired) electrons. The number of methoxy groups -OCH3 is 2. The van der Waals surface area contributed by atoms with E-state index in [0.717, 1.165) is 6.26 Å². The van der Waals surface area contributed by atoms with Crippen molar-refractivity contribution >= 4 is 33.2 Å². The molecule has 0 aromatic heterocycles. The van der Waals surface area contributed by atoms with Crippen molar-refractivity contribution < 1.29 is 27.5 Å². The Bertz CT molecular complexity index is 991. The van der Waals surface area contributed by atoms with Gasteiger partial charge in [-0.3, -0.25) is 14.3 Å². The van der Waals surface area contributed by atoms with Crippen LogP contribution in [0.4, 0.5) is 11.4 Å². The highest BCUT2D eigenvalue weighted by Crippen LogP contribution is 2.28. The molecule has 2 rings (SSSR count). The Morgan fingerprint density at radius 2 is 1.69 bits per heavy atom. The maximum absolute atomic E-state index is 12.2. The normalized spacial score (nSPS) is 10.7. The zero-order valence-electron chi connectivity index (χ0n) is 16.3. The van der Waals surface area contributed by atoms with E-state index in [1.54, 1.807) is 30.3 Å². The Labute approximate surface area is 169 Å². The molecular weight excluding hydrogens is 398 g/mol. The number of carbonyl (C=O) groups excluding carboxylic acids is 2. The number of hydrogen-bond donors (Lipinski definition) is 3. The minimum atomic E-state index is -3.46. The molecule has 0 aliphatic heterocycles. The van der Waals surface area contributed by atoms with Crippen LogP contribution in [0.3, 0.4) is 0 Å². The summed E-state index contributed by atoms with van der Waals surface area (Å²) in [6.45, 7) is 0.133. The Morgan fingerprint density at radius 1 is 1.00 bits per heavy atom. The monoisotopic (exact) mass is 421 g/mol. The topological polar surface area (TPSA) is 123 Å². The first kappa shape index (κ1) is 22.0. The highest BCUT2D eigenvalue weighted by atomic mass is 32.2. The molecule has 0 aliphatic carbocycles. The Balaban J connectivity index is 1.91. The second-order valence-corrected chi connectivity index (χ2v) is 7.79. The zero-order chi connectivity index (χ0) is 21.4. The van der Waals surface area contributed by atoms with Crippen LogP contribution in [0.1, 0.15) is 16.8 Å². The van der Waals surface area contributed by atoms with Crippen molar-refractivity contribution in [1.29, 1.82) is 0 Å². The van der Waals surface area contributed by atoms with E-state index in [2.05, 4.69) is 15.4 Å². The maximum Gasteiger partial charge on any atom is 0.255 e. The molecule has 2 amide bonds. The first-order valence-corrected chi connectivity index (χ1v) is 10.5. The van der Waals surface area contributed by atoms with Gasteiger partial charge in [0, 0.05) is 24.7 Å². The van der Waals surface area contributed by atoms with Crippen LogP contribution in [-0.4, -0.2) is 47.3 Å². The summed E-state index contributed by atoms with van der Waals surface area (Å²) >= 11 is 0. The maximum atomic E-state index is 12.2. The second-order valence-electron chi connectivity index (χ2n) is 6.04. The van der Waals surface area contributed by atoms with Gasteiger partial charge in [-0.15, -0.1) is 0 Å². The van der Waals surface area contributed by atoms with E-state index < -0.39 is 10.0 Å². The molecule has 0 saturated heterocycles. The third kappa shape index (κ3) is 6.68. The highest BCUT2D eigenvalue weighted by Gasteiger charge is 2.13. The van der Waals surface area contributed by atoms with Crippen molar-refractivity contribution in [2.45, 2.75) is 6.42 Å². The van der Waals surface area contributed by atoms with E-state index in [4.69, 9.17) is 9.47 Å². The van der Waals surface area contributed by atoms with Gasteiger partial charge in [-0.1, -0.05) is 12.1 Å². The van der Waals surface area contributed by atoms with Gasteiger partial charge in [-0.05, 0) is 24.3 Å². The van der Waals surface area contributed by atoms with E-state index in [9.17, 15) is 18.0 Å². The number of carbonyl (C=O) groups is 2. The van der Waals surface area contributed by atoms with Gasteiger partial charge in [0.2, 0.25) is 15.9 Å². The van der Waals surface area contributed by atoms with E-state index >= 15 is 0 Å². The van der Waals surface area contributed by atoms with Crippen LogP contribution in [0.25, 0.3) is 0 Å². The first-order valence-electron chi connectivity index (χ1n) is 8.60. The number of amides is 2. The number of rotatable bonds is 9. The molecule has 29 heavy (non-hydrogen) atoms. The average Bonchev–Trinajstić information content (AvgIpc) is 2.67. The molecule has 0 heterocycles. The van der Waals surface area contributed by atoms with E-state index in [1.165, 1.54) is 26.4 Å². The first-order chi connectivity index (χ1) is 13.7. The molecule has 2 aromatic rings. The van der Waals surface area contributed by atoms with Crippen LogP contribution in [0.15, 0.2) is 42.5 Å². The molecule has 156 valence electrons. The smallest absolute Gasteiger partial charge is 0.255 e. The molecule has 0 saturated carbocycles. The fourth-order valence-corrected chi connectivity index (χ4v) is 3.06. The average molecular weight is 421 g/mol. The van der Waals surface area contributed by atoms with Crippen molar-refractivity contribution in [1.82, 2.24) is 5.32 Å². The van der Waals surface area contributed by atoms with Gasteiger partial charge >= 0.3 is 0 Å². The summed E-state index contributed by atoms with van der Waals surface area (Å²) in [4.78, 5) is 24.3. The fraction of sp³-hybridized carbons (Fsp3) is 0.263. The summed E-state index contributed by atoms with van der Waals surface area (Å²) in [6.07, 6.45) is 1.08. The number of nitrogens with one attached hydrogen (secondary N) is 3. The lowest BCUT2D eigenvalue weighted by molar-refractivity contribution is -0.116. The van der Waals surface area contributed by atoms with Gasteiger partial charge in [0.15, 0.2) is 0 Å². The van der Waals surface area contributed by atoms with Gasteiger partial charge in [-0.25, -0.2) is 8.42 Å². The second kappa shape index (κ2) is 9.78. The molecule has 0 spiro atoms. The number of benzene rings is 2. The van der Waals surface area contributed by atoms with Crippen LogP contribution in [0.2, 0.25) is 0 Å². The van der Waals surface area contributed by atoms with E-state index in [1.807, 2.05) is 0 Å². The molecule has 10 heteroatoms. The molecular formula is C19H23N3O6S. The fourth-order valence-electron chi connectivity index (χ4n) is 2.49. The number of anilines is 2. The standard InChI is InChI=1S/C19H23N3O6S/c1-27-16-7-5-4-6-14(16)19(24)20-11-10-18(23)21-13-8-9-15(17(12-13)28-2)22-29(3,25)26/h4-9,12,22H,10-11H2,1-3H3,(H,20,24)(H,21,23). The lowest BCUT2D eigenvalue weighted by Gasteiger charge is -2.12. The summed E-state index contributed by atoms with van der Waals surface area (Å²) in [5, 5.41) is 5.34. The quantitative estimate of drug-likeness (QED) is 0.568. The number of para-hydroxylation sites is 1. The molecule has 0 bridgehead atoms. The number of sulfonamides is 1. The molecule has 0 atom stereocenters. The predicted molar refractivity (Wildman–Crippen MR) is 110 cm³/mol. The minimum absolute atomic E-state index is 0.0482. The van der Waals surface area contributed by atoms with Crippen molar-refractivity contribution in [2.24, 2.45) is 0 Å². The van der Waals surface area contributed by atoms with Crippen LogP contribution < -0.4 is 24.8 Å². The number of ether oxygens (including phenoxy) is 2. The van der Waals surface area contributed by atoms with Crippen LogP contribution >= 0.6 is 0 Å². The highest BCUT2D eigenvalue weighted by molar-refractivity contribution is 7.92. The SMILES string of the molecule is COc1cc(NC(=O)CCNC(=O)c2ccccc2OC)ccc1NS(C)(=O)=O. The van der Waals surface area contributed by atoms with E-state index in [-0.39, 0.29) is 36.2 Å². The molecule has 3 N–H and O–H groups in total. The Hall–Kier alpha value is -3.27.